The van der Waals surface area contributed by atoms with Gasteiger partial charge in [0.05, 0.1) is 15.6 Å². The molecule has 0 unspecified atom stereocenters. The van der Waals surface area contributed by atoms with Crippen LogP contribution in [0.4, 0.5) is 5.82 Å². The number of hydrogen-bond acceptors (Lipinski definition) is 3. The predicted molar refractivity (Wildman–Crippen MR) is 71.6 cm³/mol. The van der Waals surface area contributed by atoms with E-state index in [1.54, 1.807) is 6.20 Å². The highest BCUT2D eigenvalue weighted by Gasteiger charge is 2.44. The van der Waals surface area contributed by atoms with Crippen LogP contribution in [-0.4, -0.2) is 22.7 Å². The highest BCUT2D eigenvalue weighted by molar-refractivity contribution is 9.10. The average Bonchev–Trinajstić information content (AvgIpc) is 2.68. The zero-order valence-corrected chi connectivity index (χ0v) is 11.7. The van der Waals surface area contributed by atoms with Crippen molar-refractivity contribution in [3.63, 3.8) is 0 Å². The fourth-order valence-corrected chi connectivity index (χ4v) is 3.65. The molecule has 0 atom stereocenters. The minimum Gasteiger partial charge on any atom is -0.393 e. The second-order valence-corrected chi connectivity index (χ2v) is 6.24. The van der Waals surface area contributed by atoms with Gasteiger partial charge in [-0.15, -0.1) is 0 Å². The van der Waals surface area contributed by atoms with Crippen LogP contribution in [0.15, 0.2) is 10.7 Å². The summed E-state index contributed by atoms with van der Waals surface area (Å²) in [6.45, 7) is 0.887. The van der Waals surface area contributed by atoms with E-state index < -0.39 is 0 Å². The third-order valence-electron chi connectivity index (χ3n) is 4.01. The molecule has 1 spiro atoms. The van der Waals surface area contributed by atoms with Crippen LogP contribution in [-0.2, 0) is 5.41 Å². The van der Waals surface area contributed by atoms with Crippen molar-refractivity contribution in [2.45, 2.75) is 37.2 Å². The fraction of sp³-hybridized carbons (Fsp3) is 0.583. The minimum atomic E-state index is -0.149. The highest BCUT2D eigenvalue weighted by Crippen LogP contribution is 2.50. The fourth-order valence-electron chi connectivity index (χ4n) is 3.01. The van der Waals surface area contributed by atoms with Gasteiger partial charge in [-0.05, 0) is 41.6 Å². The molecule has 2 aliphatic rings. The predicted octanol–water partition coefficient (Wildman–Crippen LogP) is 3.10. The van der Waals surface area contributed by atoms with E-state index in [9.17, 15) is 5.11 Å². The van der Waals surface area contributed by atoms with E-state index in [0.717, 1.165) is 53.1 Å². The van der Waals surface area contributed by atoms with Gasteiger partial charge in [-0.2, -0.15) is 0 Å². The van der Waals surface area contributed by atoms with E-state index in [4.69, 9.17) is 11.6 Å². The van der Waals surface area contributed by atoms with E-state index in [0.29, 0.717) is 0 Å². The van der Waals surface area contributed by atoms with E-state index >= 15 is 0 Å². The number of halogens is 2. The largest absolute Gasteiger partial charge is 0.393 e. The van der Waals surface area contributed by atoms with E-state index in [2.05, 4.69) is 26.2 Å². The van der Waals surface area contributed by atoms with Gasteiger partial charge in [-0.25, -0.2) is 4.98 Å². The number of pyridine rings is 1. The standard InChI is InChI=1S/C12H14BrClN2O/c13-8-5-15-11-9(10(8)14)12(6-16-11)3-1-7(17)2-4-12/h5,7,17H,1-4,6H2,(H,15,16). The number of aliphatic hydroxyl groups excluding tert-OH is 1. The molecule has 1 aliphatic heterocycles. The highest BCUT2D eigenvalue weighted by atomic mass is 79.9. The second kappa shape index (κ2) is 4.11. The van der Waals surface area contributed by atoms with Crippen LogP contribution in [0.2, 0.25) is 5.02 Å². The number of anilines is 1. The van der Waals surface area contributed by atoms with Crippen LogP contribution in [0.1, 0.15) is 31.2 Å². The van der Waals surface area contributed by atoms with Crippen LogP contribution in [0, 0.1) is 0 Å². The summed E-state index contributed by atoms with van der Waals surface area (Å²) in [6, 6.07) is 0. The SMILES string of the molecule is OC1CCC2(CC1)CNc1ncc(Br)c(Cl)c12. The summed E-state index contributed by atoms with van der Waals surface area (Å²) >= 11 is 9.85. The van der Waals surface area contributed by atoms with E-state index in [1.807, 2.05) is 0 Å². The third kappa shape index (κ3) is 1.77. The molecule has 1 fully saturated rings. The molecule has 1 aliphatic carbocycles. The molecule has 3 nitrogen and oxygen atoms in total. The van der Waals surface area contributed by atoms with Gasteiger partial charge in [0, 0.05) is 23.7 Å². The summed E-state index contributed by atoms with van der Waals surface area (Å²) in [5.74, 6) is 0.912. The smallest absolute Gasteiger partial charge is 0.131 e. The first-order chi connectivity index (χ1) is 8.12. The Morgan fingerprint density at radius 2 is 2.18 bits per heavy atom. The van der Waals surface area contributed by atoms with Crippen LogP contribution >= 0.6 is 27.5 Å². The van der Waals surface area contributed by atoms with Gasteiger partial charge >= 0.3 is 0 Å². The Morgan fingerprint density at radius 1 is 1.47 bits per heavy atom. The summed E-state index contributed by atoms with van der Waals surface area (Å²) < 4.78 is 0.854. The van der Waals surface area contributed by atoms with Gasteiger partial charge in [0.1, 0.15) is 5.82 Å². The molecule has 2 heterocycles. The lowest BCUT2D eigenvalue weighted by Gasteiger charge is -2.35. The number of aliphatic hydroxyl groups is 1. The van der Waals surface area contributed by atoms with Crippen molar-refractivity contribution < 1.29 is 5.11 Å². The van der Waals surface area contributed by atoms with Crippen molar-refractivity contribution in [3.05, 3.63) is 21.3 Å². The molecule has 1 aromatic rings. The van der Waals surface area contributed by atoms with Gasteiger partial charge < -0.3 is 10.4 Å². The van der Waals surface area contributed by atoms with Gasteiger partial charge in [0.15, 0.2) is 0 Å². The number of nitrogens with one attached hydrogen (secondary N) is 1. The molecule has 0 aromatic carbocycles. The lowest BCUT2D eigenvalue weighted by molar-refractivity contribution is 0.101. The molecule has 1 aromatic heterocycles. The number of aromatic nitrogens is 1. The zero-order chi connectivity index (χ0) is 12.0. The van der Waals surface area contributed by atoms with Crippen LogP contribution < -0.4 is 5.32 Å². The molecular formula is C12H14BrClN2O. The van der Waals surface area contributed by atoms with Crippen molar-refractivity contribution in [2.75, 3.05) is 11.9 Å². The maximum Gasteiger partial charge on any atom is 0.131 e. The summed E-state index contributed by atoms with van der Waals surface area (Å²) in [4.78, 5) is 4.38. The maximum atomic E-state index is 9.65. The van der Waals surface area contributed by atoms with E-state index in [1.165, 1.54) is 0 Å². The summed E-state index contributed by atoms with van der Waals surface area (Å²) in [5, 5.41) is 13.8. The lowest BCUT2D eigenvalue weighted by atomic mass is 9.70. The molecule has 3 rings (SSSR count). The Kier molecular flexibility index (Phi) is 2.84. The van der Waals surface area contributed by atoms with Crippen LogP contribution in [0.3, 0.4) is 0 Å². The van der Waals surface area contributed by atoms with Crippen LogP contribution in [0.5, 0.6) is 0 Å². The number of nitrogens with zero attached hydrogens (tertiary/aromatic N) is 1. The molecule has 0 radical (unpaired) electrons. The first kappa shape index (κ1) is 11.8. The average molecular weight is 318 g/mol. The molecule has 0 amide bonds. The van der Waals surface area contributed by atoms with Gasteiger partial charge in [0.25, 0.3) is 0 Å². The number of rotatable bonds is 0. The molecule has 0 saturated heterocycles. The van der Waals surface area contributed by atoms with Gasteiger partial charge in [0.2, 0.25) is 0 Å². The molecule has 1 saturated carbocycles. The van der Waals surface area contributed by atoms with Crippen molar-refractivity contribution in [1.29, 1.82) is 0 Å². The Bertz CT molecular complexity index is 458. The summed E-state index contributed by atoms with van der Waals surface area (Å²) in [6.07, 6.45) is 5.25. The summed E-state index contributed by atoms with van der Waals surface area (Å²) in [7, 11) is 0. The maximum absolute atomic E-state index is 9.65. The third-order valence-corrected chi connectivity index (χ3v) is 5.23. The van der Waals surface area contributed by atoms with Crippen molar-refractivity contribution in [2.24, 2.45) is 0 Å². The molecule has 92 valence electrons. The molecule has 2 N–H and O–H groups in total. The Hall–Kier alpha value is -0.320. The Morgan fingerprint density at radius 3 is 2.88 bits per heavy atom. The summed E-state index contributed by atoms with van der Waals surface area (Å²) in [5.41, 5.74) is 1.21. The zero-order valence-electron chi connectivity index (χ0n) is 9.34. The quantitative estimate of drug-likeness (QED) is 0.773. The van der Waals surface area contributed by atoms with Crippen molar-refractivity contribution >= 4 is 33.3 Å². The van der Waals surface area contributed by atoms with Gasteiger partial charge in [-0.3, -0.25) is 0 Å². The van der Waals surface area contributed by atoms with Crippen molar-refractivity contribution in [1.82, 2.24) is 4.98 Å². The Balaban J connectivity index is 2.05. The first-order valence-electron chi connectivity index (χ1n) is 5.89. The van der Waals surface area contributed by atoms with Crippen LogP contribution in [0.25, 0.3) is 0 Å². The van der Waals surface area contributed by atoms with Gasteiger partial charge in [-0.1, -0.05) is 11.6 Å². The molecule has 17 heavy (non-hydrogen) atoms. The number of fused-ring (bicyclic) bond motifs is 2. The molecule has 5 heteroatoms. The first-order valence-corrected chi connectivity index (χ1v) is 7.06. The van der Waals surface area contributed by atoms with Crippen molar-refractivity contribution in [3.8, 4) is 0 Å². The monoisotopic (exact) mass is 316 g/mol. The Labute approximate surface area is 114 Å². The second-order valence-electron chi connectivity index (χ2n) is 5.01. The lowest BCUT2D eigenvalue weighted by Crippen LogP contribution is -2.35. The topological polar surface area (TPSA) is 45.1 Å². The van der Waals surface area contributed by atoms with E-state index in [-0.39, 0.29) is 11.5 Å². The normalized spacial score (nSPS) is 31.4. The minimum absolute atomic E-state index is 0.0719. The number of hydrogen-bond donors (Lipinski definition) is 2. The molecule has 0 bridgehead atoms. The molecular weight excluding hydrogens is 304 g/mol.